The Bertz CT molecular complexity index is 818. The lowest BCUT2D eigenvalue weighted by Crippen LogP contribution is -2.14. The molecule has 0 unspecified atom stereocenters. The molecule has 8 heteroatoms. The van der Waals surface area contributed by atoms with E-state index in [0.29, 0.717) is 5.69 Å². The van der Waals surface area contributed by atoms with E-state index in [4.69, 9.17) is 4.74 Å². The molecule has 0 saturated carbocycles. The van der Waals surface area contributed by atoms with E-state index in [2.05, 4.69) is 4.72 Å². The fourth-order valence-corrected chi connectivity index (χ4v) is 3.12. The Morgan fingerprint density at radius 2 is 1.91 bits per heavy atom. The van der Waals surface area contributed by atoms with E-state index in [1.54, 1.807) is 18.2 Å². The van der Waals surface area contributed by atoms with E-state index in [-0.39, 0.29) is 5.75 Å². The summed E-state index contributed by atoms with van der Waals surface area (Å²) in [5, 5.41) is 11.1. The van der Waals surface area contributed by atoms with Crippen molar-refractivity contribution in [1.29, 1.82) is 0 Å². The number of hydrogen-bond donors (Lipinski definition) is 1. The van der Waals surface area contributed by atoms with Crippen LogP contribution in [0.1, 0.15) is 5.56 Å². The number of benzene rings is 2. The van der Waals surface area contributed by atoms with Crippen LogP contribution in [-0.2, 0) is 10.0 Å². The Kier molecular flexibility index (Phi) is 4.32. The Balaban J connectivity index is 2.47. The molecule has 7 nitrogen and oxygen atoms in total. The molecule has 0 bridgehead atoms. The van der Waals surface area contributed by atoms with E-state index in [1.807, 2.05) is 13.0 Å². The maximum atomic E-state index is 12.4. The van der Waals surface area contributed by atoms with Crippen molar-refractivity contribution >= 4 is 21.4 Å². The van der Waals surface area contributed by atoms with Crippen molar-refractivity contribution in [1.82, 2.24) is 0 Å². The topological polar surface area (TPSA) is 98.5 Å². The van der Waals surface area contributed by atoms with Crippen molar-refractivity contribution in [2.45, 2.75) is 11.8 Å². The van der Waals surface area contributed by atoms with Gasteiger partial charge in [0.25, 0.3) is 15.7 Å². The highest BCUT2D eigenvalue weighted by Gasteiger charge is 2.26. The number of sulfonamides is 1. The molecule has 0 fully saturated rings. The lowest BCUT2D eigenvalue weighted by Gasteiger charge is -2.10. The molecular weight excluding hydrogens is 308 g/mol. The SMILES string of the molecule is COc1ccc(S(=O)(=O)Nc2cccc(C)c2)c([N+](=O)[O-])c1. The summed E-state index contributed by atoms with van der Waals surface area (Å²) < 4.78 is 32.0. The highest BCUT2D eigenvalue weighted by atomic mass is 32.2. The molecule has 0 atom stereocenters. The van der Waals surface area contributed by atoms with Crippen LogP contribution in [0, 0.1) is 17.0 Å². The quantitative estimate of drug-likeness (QED) is 0.674. The second kappa shape index (κ2) is 6.02. The van der Waals surface area contributed by atoms with Gasteiger partial charge in [-0.3, -0.25) is 14.8 Å². The summed E-state index contributed by atoms with van der Waals surface area (Å²) in [6.07, 6.45) is 0. The predicted octanol–water partition coefficient (Wildman–Crippen LogP) is 2.71. The molecule has 0 amide bonds. The molecule has 2 aromatic carbocycles. The van der Waals surface area contributed by atoms with Gasteiger partial charge in [0.05, 0.1) is 18.1 Å². The summed E-state index contributed by atoms with van der Waals surface area (Å²) in [5.41, 5.74) is 0.661. The summed E-state index contributed by atoms with van der Waals surface area (Å²) in [4.78, 5) is 9.93. The molecule has 0 saturated heterocycles. The van der Waals surface area contributed by atoms with Gasteiger partial charge in [0.2, 0.25) is 0 Å². The highest BCUT2D eigenvalue weighted by Crippen LogP contribution is 2.29. The van der Waals surface area contributed by atoms with Crippen molar-refractivity contribution in [2.24, 2.45) is 0 Å². The number of ether oxygens (including phenoxy) is 1. The number of methoxy groups -OCH3 is 1. The van der Waals surface area contributed by atoms with Crippen molar-refractivity contribution in [3.8, 4) is 5.75 Å². The molecule has 22 heavy (non-hydrogen) atoms. The van der Waals surface area contributed by atoms with Gasteiger partial charge in [0, 0.05) is 5.69 Å². The van der Waals surface area contributed by atoms with Crippen molar-refractivity contribution in [2.75, 3.05) is 11.8 Å². The van der Waals surface area contributed by atoms with Crippen LogP contribution in [0.25, 0.3) is 0 Å². The molecule has 0 spiro atoms. The third-order valence-electron chi connectivity index (χ3n) is 2.92. The first-order valence-electron chi connectivity index (χ1n) is 6.25. The van der Waals surface area contributed by atoms with Crippen LogP contribution in [-0.4, -0.2) is 20.5 Å². The van der Waals surface area contributed by atoms with Crippen molar-refractivity contribution in [3.05, 3.63) is 58.1 Å². The molecule has 0 heterocycles. The fraction of sp³-hybridized carbons (Fsp3) is 0.143. The smallest absolute Gasteiger partial charge is 0.293 e. The minimum atomic E-state index is -4.08. The second-order valence-corrected chi connectivity index (χ2v) is 6.22. The maximum absolute atomic E-state index is 12.4. The number of nitrogens with one attached hydrogen (secondary N) is 1. The van der Waals surface area contributed by atoms with Crippen LogP contribution in [0.4, 0.5) is 11.4 Å². The molecule has 0 radical (unpaired) electrons. The lowest BCUT2D eigenvalue weighted by atomic mass is 10.2. The van der Waals surface area contributed by atoms with Crippen LogP contribution in [0.15, 0.2) is 47.4 Å². The first kappa shape index (κ1) is 15.8. The number of hydrogen-bond acceptors (Lipinski definition) is 5. The average Bonchev–Trinajstić information content (AvgIpc) is 2.46. The van der Waals surface area contributed by atoms with Gasteiger partial charge in [-0.15, -0.1) is 0 Å². The molecule has 0 aliphatic heterocycles. The maximum Gasteiger partial charge on any atom is 0.293 e. The normalized spacial score (nSPS) is 11.0. The average molecular weight is 322 g/mol. The van der Waals surface area contributed by atoms with E-state index in [0.717, 1.165) is 17.7 Å². The molecule has 2 aromatic rings. The molecule has 0 aliphatic carbocycles. The Morgan fingerprint density at radius 1 is 1.18 bits per heavy atom. The van der Waals surface area contributed by atoms with Crippen LogP contribution in [0.5, 0.6) is 5.75 Å². The van der Waals surface area contributed by atoms with Crippen LogP contribution in [0.3, 0.4) is 0 Å². The van der Waals surface area contributed by atoms with Gasteiger partial charge in [0.1, 0.15) is 5.75 Å². The van der Waals surface area contributed by atoms with E-state index in [9.17, 15) is 18.5 Å². The minimum Gasteiger partial charge on any atom is -0.497 e. The standard InChI is InChI=1S/C14H14N2O5S/c1-10-4-3-5-11(8-10)15-22(19,20)14-7-6-12(21-2)9-13(14)16(17)18/h3-9,15H,1-2H3. The third kappa shape index (κ3) is 3.34. The molecule has 0 aliphatic rings. The molecular formula is C14H14N2O5S. The zero-order valence-corrected chi connectivity index (χ0v) is 12.8. The van der Waals surface area contributed by atoms with Gasteiger partial charge in [-0.05, 0) is 36.8 Å². The van der Waals surface area contributed by atoms with Gasteiger partial charge < -0.3 is 4.74 Å². The Hall–Kier alpha value is -2.61. The van der Waals surface area contributed by atoms with Crippen molar-refractivity contribution in [3.63, 3.8) is 0 Å². The largest absolute Gasteiger partial charge is 0.497 e. The first-order valence-corrected chi connectivity index (χ1v) is 7.74. The summed E-state index contributed by atoms with van der Waals surface area (Å²) in [6, 6.07) is 10.3. The van der Waals surface area contributed by atoms with Gasteiger partial charge in [-0.2, -0.15) is 0 Å². The predicted molar refractivity (Wildman–Crippen MR) is 81.6 cm³/mol. The van der Waals surface area contributed by atoms with E-state index >= 15 is 0 Å². The minimum absolute atomic E-state index is 0.209. The summed E-state index contributed by atoms with van der Waals surface area (Å²) in [7, 11) is -2.73. The van der Waals surface area contributed by atoms with E-state index < -0.39 is 25.5 Å². The molecule has 0 aromatic heterocycles. The van der Waals surface area contributed by atoms with Crippen molar-refractivity contribution < 1.29 is 18.1 Å². The van der Waals surface area contributed by atoms with Gasteiger partial charge in [-0.25, -0.2) is 8.42 Å². The molecule has 116 valence electrons. The Morgan fingerprint density at radius 3 is 2.50 bits per heavy atom. The summed E-state index contributed by atoms with van der Waals surface area (Å²) >= 11 is 0. The second-order valence-electron chi connectivity index (χ2n) is 4.57. The molecule has 2 rings (SSSR count). The van der Waals surface area contributed by atoms with Crippen LogP contribution < -0.4 is 9.46 Å². The number of nitro benzene ring substituents is 1. The molecule has 1 N–H and O–H groups in total. The fourth-order valence-electron chi connectivity index (χ4n) is 1.91. The first-order chi connectivity index (χ1) is 10.3. The third-order valence-corrected chi connectivity index (χ3v) is 4.35. The van der Waals surface area contributed by atoms with E-state index in [1.165, 1.54) is 13.2 Å². The number of nitrogens with zero attached hydrogens (tertiary/aromatic N) is 1. The summed E-state index contributed by atoms with van der Waals surface area (Å²) in [5.74, 6) is 0.209. The lowest BCUT2D eigenvalue weighted by molar-refractivity contribution is -0.387. The van der Waals surface area contributed by atoms with Crippen LogP contribution >= 0.6 is 0 Å². The Labute approximate surface area is 127 Å². The number of nitro groups is 1. The van der Waals surface area contributed by atoms with Gasteiger partial charge in [-0.1, -0.05) is 12.1 Å². The van der Waals surface area contributed by atoms with Crippen LogP contribution in [0.2, 0.25) is 0 Å². The van der Waals surface area contributed by atoms with Gasteiger partial charge in [0.15, 0.2) is 4.90 Å². The highest BCUT2D eigenvalue weighted by molar-refractivity contribution is 7.92. The zero-order chi connectivity index (χ0) is 16.3. The number of anilines is 1. The number of aryl methyl sites for hydroxylation is 1. The van der Waals surface area contributed by atoms with Gasteiger partial charge >= 0.3 is 0 Å². The zero-order valence-electron chi connectivity index (χ0n) is 11.9. The monoisotopic (exact) mass is 322 g/mol. The number of rotatable bonds is 5. The summed E-state index contributed by atoms with van der Waals surface area (Å²) in [6.45, 7) is 1.81.